The quantitative estimate of drug-likeness (QED) is 0.190. The van der Waals surface area contributed by atoms with Gasteiger partial charge in [-0.1, -0.05) is 0 Å². The molecular formula is C38H45P. The van der Waals surface area contributed by atoms with E-state index in [1.807, 2.05) is 0 Å². The van der Waals surface area contributed by atoms with E-state index < -0.39 is 7.26 Å². The van der Waals surface area contributed by atoms with E-state index >= 15 is 0 Å². The SMILES string of the molecule is CC1=C(/C=C/C(C)=C/C=C/C(C)=C/C[PH](c2ccccc2)(c2ccccc2)c2ccccc2)C(C)(C)CCC1. The number of benzene rings is 3. The molecule has 0 radical (unpaired) electrons. The van der Waals surface area contributed by atoms with Crippen molar-refractivity contribution < 1.29 is 0 Å². The average Bonchev–Trinajstić information content (AvgIpc) is 2.94. The van der Waals surface area contributed by atoms with E-state index in [9.17, 15) is 0 Å². The van der Waals surface area contributed by atoms with Crippen LogP contribution in [0.15, 0.2) is 150 Å². The van der Waals surface area contributed by atoms with E-state index in [0.29, 0.717) is 0 Å². The molecule has 0 unspecified atom stereocenters. The Hall–Kier alpha value is -3.21. The minimum Gasteiger partial charge on any atom is -0.0487 e. The van der Waals surface area contributed by atoms with Crippen molar-refractivity contribution in [3.8, 4) is 0 Å². The van der Waals surface area contributed by atoms with Crippen molar-refractivity contribution in [1.82, 2.24) is 0 Å². The van der Waals surface area contributed by atoms with E-state index in [4.69, 9.17) is 0 Å². The second-order valence-corrected chi connectivity index (χ2v) is 15.6. The minimum atomic E-state index is -2.24. The molecule has 0 bridgehead atoms. The van der Waals surface area contributed by atoms with Crippen LogP contribution in [0.4, 0.5) is 0 Å². The van der Waals surface area contributed by atoms with Gasteiger partial charge < -0.3 is 0 Å². The van der Waals surface area contributed by atoms with Gasteiger partial charge in [0.1, 0.15) is 0 Å². The average molecular weight is 533 g/mol. The summed E-state index contributed by atoms with van der Waals surface area (Å²) in [6, 6.07) is 33.5. The first-order chi connectivity index (χ1) is 18.8. The zero-order chi connectivity index (χ0) is 27.7. The summed E-state index contributed by atoms with van der Waals surface area (Å²) in [5, 5.41) is 4.35. The summed E-state index contributed by atoms with van der Waals surface area (Å²) in [5.41, 5.74) is 5.93. The molecule has 0 aliphatic heterocycles. The predicted molar refractivity (Wildman–Crippen MR) is 178 cm³/mol. The molecule has 1 heteroatoms. The van der Waals surface area contributed by atoms with Crippen LogP contribution in [0.1, 0.15) is 53.9 Å². The molecule has 202 valence electrons. The fourth-order valence-corrected chi connectivity index (χ4v) is 10.7. The number of hydrogen-bond donors (Lipinski definition) is 0. The van der Waals surface area contributed by atoms with Crippen LogP contribution < -0.4 is 15.9 Å². The molecule has 3 aromatic carbocycles. The molecule has 0 amide bonds. The summed E-state index contributed by atoms with van der Waals surface area (Å²) in [5.74, 6) is 0. The number of allylic oxidation sites excluding steroid dienone is 10. The van der Waals surface area contributed by atoms with Crippen LogP contribution in [-0.2, 0) is 0 Å². The molecule has 3 aromatic rings. The van der Waals surface area contributed by atoms with Crippen LogP contribution in [0.25, 0.3) is 0 Å². The van der Waals surface area contributed by atoms with Crippen molar-refractivity contribution in [2.45, 2.75) is 53.9 Å². The normalized spacial score (nSPS) is 17.3. The maximum atomic E-state index is 2.45. The van der Waals surface area contributed by atoms with Crippen LogP contribution >= 0.6 is 7.26 Å². The van der Waals surface area contributed by atoms with Gasteiger partial charge in [0, 0.05) is 0 Å². The van der Waals surface area contributed by atoms with Gasteiger partial charge >= 0.3 is 232 Å². The van der Waals surface area contributed by atoms with Crippen LogP contribution in [0, 0.1) is 5.41 Å². The van der Waals surface area contributed by atoms with Crippen LogP contribution in [0.5, 0.6) is 0 Å². The molecule has 1 aliphatic rings. The van der Waals surface area contributed by atoms with E-state index in [1.54, 1.807) is 5.57 Å². The van der Waals surface area contributed by atoms with Gasteiger partial charge in [-0.3, -0.25) is 0 Å². The molecule has 0 aromatic heterocycles. The van der Waals surface area contributed by atoms with Gasteiger partial charge in [0.05, 0.1) is 0 Å². The fraction of sp³-hybridized carbons (Fsp3) is 0.263. The molecule has 0 heterocycles. The molecule has 0 N–H and O–H groups in total. The molecule has 4 rings (SSSR count). The number of rotatable bonds is 9. The van der Waals surface area contributed by atoms with Crippen molar-refractivity contribution in [1.29, 1.82) is 0 Å². The number of hydrogen-bond acceptors (Lipinski definition) is 0. The summed E-state index contributed by atoms with van der Waals surface area (Å²) in [6.07, 6.45) is 18.6. The summed E-state index contributed by atoms with van der Waals surface area (Å²) >= 11 is 0. The molecule has 1 aliphatic carbocycles. The molecule has 0 spiro atoms. The Labute approximate surface area is 237 Å². The van der Waals surface area contributed by atoms with Crippen molar-refractivity contribution >= 4 is 23.2 Å². The Bertz CT molecular complexity index is 1270. The smallest absolute Gasteiger partial charge is 0.0487 e. The minimum absolute atomic E-state index is 0.279. The first-order valence-corrected chi connectivity index (χ1v) is 16.6. The molecule has 0 saturated carbocycles. The van der Waals surface area contributed by atoms with Crippen molar-refractivity contribution in [2.24, 2.45) is 5.41 Å². The van der Waals surface area contributed by atoms with Crippen LogP contribution in [0.3, 0.4) is 0 Å². The third-order valence-corrected chi connectivity index (χ3v) is 13.1. The molecule has 0 fully saturated rings. The Morgan fingerprint density at radius 2 is 1.26 bits per heavy atom. The molecular weight excluding hydrogens is 487 g/mol. The van der Waals surface area contributed by atoms with Crippen molar-refractivity contribution in [2.75, 3.05) is 6.16 Å². The monoisotopic (exact) mass is 532 g/mol. The summed E-state index contributed by atoms with van der Waals surface area (Å²) in [4.78, 5) is 0. The van der Waals surface area contributed by atoms with Crippen molar-refractivity contribution in [3.05, 3.63) is 150 Å². The summed E-state index contributed by atoms with van der Waals surface area (Å²) in [6.45, 7) is 11.5. The summed E-state index contributed by atoms with van der Waals surface area (Å²) < 4.78 is 0. The Morgan fingerprint density at radius 3 is 1.74 bits per heavy atom. The second kappa shape index (κ2) is 13.2. The predicted octanol–water partition coefficient (Wildman–Crippen LogP) is 9.24. The van der Waals surface area contributed by atoms with E-state index in [1.165, 1.54) is 51.9 Å². The third-order valence-electron chi connectivity index (χ3n) is 8.30. The van der Waals surface area contributed by atoms with Gasteiger partial charge in [0.15, 0.2) is 0 Å². The first kappa shape index (κ1) is 28.8. The standard InChI is InChI=1S/C38H45P/c1-31(26-27-37-33(3)19-16-29-38(37,4)5)17-15-18-32(2)28-30-39(34-20-9-6-10-21-34,35-22-11-7-12-23-35)36-24-13-8-14-25-36/h6-15,17-18,20-28,39H,16,19,29-30H2,1-5H3/b18-15+,27-26+,31-17+,32-28+. The van der Waals surface area contributed by atoms with Crippen molar-refractivity contribution in [3.63, 3.8) is 0 Å². The molecule has 0 atom stereocenters. The van der Waals surface area contributed by atoms with Gasteiger partial charge in [-0.15, -0.1) is 0 Å². The zero-order valence-electron chi connectivity index (χ0n) is 24.5. The van der Waals surface area contributed by atoms with Crippen LogP contribution in [-0.4, -0.2) is 6.16 Å². The fourth-order valence-electron chi connectivity index (χ4n) is 6.04. The first-order valence-electron chi connectivity index (χ1n) is 14.4. The van der Waals surface area contributed by atoms with Gasteiger partial charge in [0.2, 0.25) is 0 Å². The zero-order valence-corrected chi connectivity index (χ0v) is 25.5. The summed E-state index contributed by atoms with van der Waals surface area (Å²) in [7, 11) is -2.24. The molecule has 0 nitrogen and oxygen atoms in total. The Morgan fingerprint density at radius 1 is 0.744 bits per heavy atom. The van der Waals surface area contributed by atoms with Gasteiger partial charge in [-0.2, -0.15) is 0 Å². The Balaban J connectivity index is 1.60. The van der Waals surface area contributed by atoms with Crippen LogP contribution in [0.2, 0.25) is 0 Å². The molecule has 0 saturated heterocycles. The van der Waals surface area contributed by atoms with Gasteiger partial charge in [-0.05, 0) is 6.42 Å². The topological polar surface area (TPSA) is 0 Å². The maximum absolute atomic E-state index is 2.45. The van der Waals surface area contributed by atoms with E-state index in [0.717, 1.165) is 6.16 Å². The Kier molecular flexibility index (Phi) is 9.77. The second-order valence-electron chi connectivity index (χ2n) is 11.7. The van der Waals surface area contributed by atoms with E-state index in [2.05, 4.69) is 162 Å². The molecule has 39 heavy (non-hydrogen) atoms. The van der Waals surface area contributed by atoms with Gasteiger partial charge in [-0.25, -0.2) is 0 Å². The van der Waals surface area contributed by atoms with E-state index in [-0.39, 0.29) is 5.41 Å². The third kappa shape index (κ3) is 7.06. The van der Waals surface area contributed by atoms with Gasteiger partial charge in [0.25, 0.3) is 0 Å².